The van der Waals surface area contributed by atoms with E-state index in [0.717, 1.165) is 33.5 Å². The summed E-state index contributed by atoms with van der Waals surface area (Å²) in [5.41, 5.74) is 4.23. The first-order valence-electron chi connectivity index (χ1n) is 7.48. The number of hydrogen-bond donors (Lipinski definition) is 1. The molecule has 0 saturated carbocycles. The van der Waals surface area contributed by atoms with Gasteiger partial charge in [-0.2, -0.15) is 0 Å². The summed E-state index contributed by atoms with van der Waals surface area (Å²) in [5, 5.41) is 0.893. The van der Waals surface area contributed by atoms with Crippen molar-refractivity contribution in [2.45, 2.75) is 26.7 Å². The van der Waals surface area contributed by atoms with Gasteiger partial charge in [0, 0.05) is 16.6 Å². The van der Waals surface area contributed by atoms with Crippen molar-refractivity contribution in [2.75, 3.05) is 7.11 Å². The SMILES string of the molecule is COc1ccccc1-c1cc(C(C)C)c(F)c2[nH]c(C)cc12. The van der Waals surface area contributed by atoms with Crippen LogP contribution in [-0.4, -0.2) is 12.1 Å². The Balaban J connectivity index is 2.40. The lowest BCUT2D eigenvalue weighted by Gasteiger charge is -2.14. The molecule has 2 nitrogen and oxygen atoms in total. The number of para-hydroxylation sites is 1. The molecule has 0 amide bonds. The summed E-state index contributed by atoms with van der Waals surface area (Å²) in [7, 11) is 1.66. The molecule has 114 valence electrons. The molecule has 22 heavy (non-hydrogen) atoms. The fraction of sp³-hybridized carbons (Fsp3) is 0.263. The van der Waals surface area contributed by atoms with Crippen molar-refractivity contribution < 1.29 is 9.13 Å². The minimum Gasteiger partial charge on any atom is -0.496 e. The van der Waals surface area contributed by atoms with Crippen LogP contribution in [-0.2, 0) is 0 Å². The largest absolute Gasteiger partial charge is 0.496 e. The monoisotopic (exact) mass is 297 g/mol. The number of fused-ring (bicyclic) bond motifs is 1. The lowest BCUT2D eigenvalue weighted by molar-refractivity contribution is 0.416. The van der Waals surface area contributed by atoms with E-state index in [4.69, 9.17) is 4.74 Å². The molecule has 3 rings (SSSR count). The van der Waals surface area contributed by atoms with Gasteiger partial charge in [-0.15, -0.1) is 0 Å². The van der Waals surface area contributed by atoms with Gasteiger partial charge in [-0.1, -0.05) is 32.0 Å². The number of ether oxygens (including phenoxy) is 1. The van der Waals surface area contributed by atoms with Gasteiger partial charge in [0.2, 0.25) is 0 Å². The molecular formula is C19H20FNO. The minimum absolute atomic E-state index is 0.112. The van der Waals surface area contributed by atoms with Gasteiger partial charge in [-0.05, 0) is 42.2 Å². The second-order valence-electron chi connectivity index (χ2n) is 5.92. The van der Waals surface area contributed by atoms with Crippen molar-refractivity contribution in [2.24, 2.45) is 0 Å². The molecule has 3 aromatic rings. The number of hydrogen-bond acceptors (Lipinski definition) is 1. The molecule has 0 atom stereocenters. The Bertz CT molecular complexity index is 833. The van der Waals surface area contributed by atoms with Gasteiger partial charge in [-0.25, -0.2) is 4.39 Å². The van der Waals surface area contributed by atoms with E-state index in [2.05, 4.69) is 4.98 Å². The van der Waals surface area contributed by atoms with E-state index < -0.39 is 0 Å². The number of aromatic nitrogens is 1. The summed E-state index contributed by atoms with van der Waals surface area (Å²) in [6.07, 6.45) is 0. The Hall–Kier alpha value is -2.29. The Kier molecular flexibility index (Phi) is 3.65. The van der Waals surface area contributed by atoms with E-state index in [1.165, 1.54) is 0 Å². The van der Waals surface area contributed by atoms with E-state index in [1.807, 2.05) is 57.2 Å². The normalized spacial score (nSPS) is 11.4. The zero-order valence-corrected chi connectivity index (χ0v) is 13.3. The smallest absolute Gasteiger partial charge is 0.150 e. The highest BCUT2D eigenvalue weighted by atomic mass is 19.1. The molecular weight excluding hydrogens is 277 g/mol. The van der Waals surface area contributed by atoms with Crippen molar-refractivity contribution >= 4 is 10.9 Å². The number of rotatable bonds is 3. The maximum Gasteiger partial charge on any atom is 0.150 e. The molecule has 0 aliphatic carbocycles. The lowest BCUT2D eigenvalue weighted by atomic mass is 9.93. The molecule has 0 spiro atoms. The highest BCUT2D eigenvalue weighted by Gasteiger charge is 2.18. The van der Waals surface area contributed by atoms with Crippen molar-refractivity contribution in [1.29, 1.82) is 0 Å². The van der Waals surface area contributed by atoms with Crippen molar-refractivity contribution in [3.63, 3.8) is 0 Å². The summed E-state index contributed by atoms with van der Waals surface area (Å²) in [4.78, 5) is 3.15. The number of methoxy groups -OCH3 is 1. The Labute approximate surface area is 129 Å². The molecule has 0 aliphatic heterocycles. The fourth-order valence-corrected chi connectivity index (χ4v) is 2.93. The average Bonchev–Trinajstić information content (AvgIpc) is 2.89. The number of nitrogens with one attached hydrogen (secondary N) is 1. The van der Waals surface area contributed by atoms with E-state index in [0.29, 0.717) is 5.52 Å². The van der Waals surface area contributed by atoms with Crippen molar-refractivity contribution in [3.8, 4) is 16.9 Å². The van der Waals surface area contributed by atoms with Crippen LogP contribution in [0.3, 0.4) is 0 Å². The molecule has 2 aromatic carbocycles. The third-order valence-corrected chi connectivity index (χ3v) is 4.03. The second kappa shape index (κ2) is 5.48. The Morgan fingerprint density at radius 3 is 2.50 bits per heavy atom. The lowest BCUT2D eigenvalue weighted by Crippen LogP contribution is -1.97. The van der Waals surface area contributed by atoms with Gasteiger partial charge in [0.15, 0.2) is 5.82 Å². The van der Waals surface area contributed by atoms with Crippen LogP contribution in [0.4, 0.5) is 4.39 Å². The van der Waals surface area contributed by atoms with Crippen LogP contribution in [0.5, 0.6) is 5.75 Å². The van der Waals surface area contributed by atoms with E-state index in [9.17, 15) is 4.39 Å². The summed E-state index contributed by atoms with van der Waals surface area (Å²) in [6, 6.07) is 11.8. The van der Waals surface area contributed by atoms with Crippen LogP contribution >= 0.6 is 0 Å². The Morgan fingerprint density at radius 2 is 1.82 bits per heavy atom. The zero-order valence-electron chi connectivity index (χ0n) is 13.3. The van der Waals surface area contributed by atoms with Gasteiger partial charge < -0.3 is 9.72 Å². The van der Waals surface area contributed by atoms with Crippen molar-refractivity contribution in [3.05, 3.63) is 53.5 Å². The van der Waals surface area contributed by atoms with Gasteiger partial charge in [0.1, 0.15) is 5.75 Å². The average molecular weight is 297 g/mol. The van der Waals surface area contributed by atoms with Gasteiger partial charge in [-0.3, -0.25) is 0 Å². The molecule has 0 aliphatic rings. The molecule has 1 aromatic heterocycles. The maximum atomic E-state index is 14.7. The number of H-pyrrole nitrogens is 1. The van der Waals surface area contributed by atoms with E-state index in [1.54, 1.807) is 7.11 Å². The standard InChI is InChI=1S/C19H20FNO/c1-11(2)14-10-15(13-7-5-6-8-17(13)22-4)16-9-12(3)21-19(16)18(14)20/h5-11,21H,1-4H3. The molecule has 1 N–H and O–H groups in total. The first kappa shape index (κ1) is 14.6. The first-order chi connectivity index (χ1) is 10.5. The molecule has 0 saturated heterocycles. The molecule has 0 bridgehead atoms. The minimum atomic E-state index is -0.156. The van der Waals surface area contributed by atoms with Crippen molar-refractivity contribution in [1.82, 2.24) is 4.98 Å². The van der Waals surface area contributed by atoms with E-state index in [-0.39, 0.29) is 11.7 Å². The molecule has 0 fully saturated rings. The quantitative estimate of drug-likeness (QED) is 0.686. The maximum absolute atomic E-state index is 14.7. The second-order valence-corrected chi connectivity index (χ2v) is 5.92. The summed E-state index contributed by atoms with van der Waals surface area (Å²) in [5.74, 6) is 0.752. The molecule has 3 heteroatoms. The van der Waals surface area contributed by atoms with E-state index >= 15 is 0 Å². The number of benzene rings is 2. The van der Waals surface area contributed by atoms with Crippen LogP contribution in [0.25, 0.3) is 22.0 Å². The Morgan fingerprint density at radius 1 is 1.09 bits per heavy atom. The highest BCUT2D eigenvalue weighted by molar-refractivity contribution is 5.98. The van der Waals surface area contributed by atoms with Crippen LogP contribution in [0.2, 0.25) is 0 Å². The van der Waals surface area contributed by atoms with Crippen LogP contribution in [0.15, 0.2) is 36.4 Å². The van der Waals surface area contributed by atoms with Gasteiger partial charge >= 0.3 is 0 Å². The fourth-order valence-electron chi connectivity index (χ4n) is 2.93. The zero-order chi connectivity index (χ0) is 15.9. The highest BCUT2D eigenvalue weighted by Crippen LogP contribution is 2.39. The third-order valence-electron chi connectivity index (χ3n) is 4.03. The topological polar surface area (TPSA) is 25.0 Å². The summed E-state index contributed by atoms with van der Waals surface area (Å²) in [6.45, 7) is 5.96. The molecule has 1 heterocycles. The number of halogens is 1. The third kappa shape index (κ3) is 2.27. The van der Waals surface area contributed by atoms with Crippen LogP contribution < -0.4 is 4.74 Å². The van der Waals surface area contributed by atoms with Gasteiger partial charge in [0.25, 0.3) is 0 Å². The molecule has 0 unspecified atom stereocenters. The van der Waals surface area contributed by atoms with Gasteiger partial charge in [0.05, 0.1) is 12.6 Å². The number of aromatic amines is 1. The summed E-state index contributed by atoms with van der Waals surface area (Å²) < 4.78 is 20.2. The number of aryl methyl sites for hydroxylation is 1. The predicted octanol–water partition coefficient (Wildman–Crippen LogP) is 5.41. The first-order valence-corrected chi connectivity index (χ1v) is 7.48. The summed E-state index contributed by atoms with van der Waals surface area (Å²) >= 11 is 0. The van der Waals surface area contributed by atoms with Crippen LogP contribution in [0.1, 0.15) is 31.0 Å². The van der Waals surface area contributed by atoms with Crippen LogP contribution in [0, 0.1) is 12.7 Å². The predicted molar refractivity (Wildman–Crippen MR) is 89.1 cm³/mol. The molecule has 0 radical (unpaired) electrons.